The molecule has 1 aliphatic rings. The molecule has 0 unspecified atom stereocenters. The third kappa shape index (κ3) is 2.33. The summed E-state index contributed by atoms with van der Waals surface area (Å²) < 4.78 is 5.19. The first-order valence-electron chi connectivity index (χ1n) is 5.18. The van der Waals surface area contributed by atoms with Gasteiger partial charge < -0.3 is 9.64 Å². The lowest BCUT2D eigenvalue weighted by atomic mass is 10.2. The van der Waals surface area contributed by atoms with Crippen LogP contribution in [0.15, 0.2) is 12.1 Å². The number of amides is 1. The van der Waals surface area contributed by atoms with Crippen molar-refractivity contribution < 1.29 is 9.53 Å². The molecule has 0 aromatic carbocycles. The topological polar surface area (TPSA) is 42.4 Å². The van der Waals surface area contributed by atoms with Crippen molar-refractivity contribution >= 4 is 17.5 Å². The zero-order valence-corrected chi connectivity index (χ0v) is 9.83. The Labute approximate surface area is 99.2 Å². The van der Waals surface area contributed by atoms with Crippen molar-refractivity contribution in [2.45, 2.75) is 6.92 Å². The number of aromatic nitrogens is 1. The Hall–Kier alpha value is -1.13. The summed E-state index contributed by atoms with van der Waals surface area (Å²) in [7, 11) is 0. The van der Waals surface area contributed by atoms with Crippen molar-refractivity contribution in [3.63, 3.8) is 0 Å². The van der Waals surface area contributed by atoms with E-state index in [0.717, 1.165) is 5.69 Å². The van der Waals surface area contributed by atoms with E-state index in [-0.39, 0.29) is 11.1 Å². The lowest BCUT2D eigenvalue weighted by Crippen LogP contribution is -2.40. The molecule has 2 heterocycles. The summed E-state index contributed by atoms with van der Waals surface area (Å²) >= 11 is 5.95. The number of hydrogen-bond acceptors (Lipinski definition) is 3. The first-order valence-corrected chi connectivity index (χ1v) is 5.56. The van der Waals surface area contributed by atoms with Crippen LogP contribution in [0.2, 0.25) is 5.15 Å². The molecule has 2 rings (SSSR count). The Balaban J connectivity index is 2.19. The molecule has 0 bridgehead atoms. The minimum absolute atomic E-state index is 0.0687. The van der Waals surface area contributed by atoms with Gasteiger partial charge in [0.1, 0.15) is 5.15 Å². The monoisotopic (exact) mass is 240 g/mol. The number of morpholine rings is 1. The van der Waals surface area contributed by atoms with Crippen LogP contribution in [0.5, 0.6) is 0 Å². The van der Waals surface area contributed by atoms with Gasteiger partial charge in [0.2, 0.25) is 0 Å². The molecule has 1 saturated heterocycles. The highest BCUT2D eigenvalue weighted by molar-refractivity contribution is 6.32. The van der Waals surface area contributed by atoms with Gasteiger partial charge in [0.05, 0.1) is 18.8 Å². The van der Waals surface area contributed by atoms with E-state index in [4.69, 9.17) is 16.3 Å². The Morgan fingerprint density at radius 3 is 2.75 bits per heavy atom. The van der Waals surface area contributed by atoms with E-state index in [1.165, 1.54) is 0 Å². The van der Waals surface area contributed by atoms with Crippen LogP contribution < -0.4 is 0 Å². The van der Waals surface area contributed by atoms with Gasteiger partial charge in [-0.05, 0) is 19.1 Å². The van der Waals surface area contributed by atoms with Crippen LogP contribution in [0, 0.1) is 6.92 Å². The third-order valence-electron chi connectivity index (χ3n) is 2.52. The summed E-state index contributed by atoms with van der Waals surface area (Å²) in [5.74, 6) is -0.0687. The van der Waals surface area contributed by atoms with Gasteiger partial charge in [0.15, 0.2) is 0 Å². The second-order valence-corrected chi connectivity index (χ2v) is 4.05. The molecule has 0 saturated carbocycles. The maximum Gasteiger partial charge on any atom is 0.257 e. The van der Waals surface area contributed by atoms with E-state index in [0.29, 0.717) is 31.9 Å². The highest BCUT2D eigenvalue weighted by atomic mass is 35.5. The second kappa shape index (κ2) is 4.80. The fourth-order valence-electron chi connectivity index (χ4n) is 1.62. The van der Waals surface area contributed by atoms with Gasteiger partial charge in [-0.25, -0.2) is 4.98 Å². The maximum atomic E-state index is 12.1. The predicted molar refractivity (Wildman–Crippen MR) is 60.7 cm³/mol. The van der Waals surface area contributed by atoms with Crippen LogP contribution >= 0.6 is 11.6 Å². The Morgan fingerprint density at radius 2 is 2.12 bits per heavy atom. The molecule has 1 aliphatic heterocycles. The molecule has 1 fully saturated rings. The molecular weight excluding hydrogens is 228 g/mol. The van der Waals surface area contributed by atoms with E-state index in [2.05, 4.69) is 4.98 Å². The van der Waals surface area contributed by atoms with E-state index < -0.39 is 0 Å². The van der Waals surface area contributed by atoms with Gasteiger partial charge in [-0.3, -0.25) is 4.79 Å². The number of aryl methyl sites for hydroxylation is 1. The fourth-order valence-corrected chi connectivity index (χ4v) is 1.90. The average Bonchev–Trinajstić information content (AvgIpc) is 2.29. The number of rotatable bonds is 1. The van der Waals surface area contributed by atoms with Crippen LogP contribution in [-0.2, 0) is 4.74 Å². The zero-order chi connectivity index (χ0) is 11.5. The summed E-state index contributed by atoms with van der Waals surface area (Å²) in [6.07, 6.45) is 0. The normalized spacial score (nSPS) is 16.2. The molecule has 1 aromatic rings. The van der Waals surface area contributed by atoms with Crippen molar-refractivity contribution in [1.29, 1.82) is 0 Å². The molecule has 16 heavy (non-hydrogen) atoms. The molecule has 86 valence electrons. The van der Waals surface area contributed by atoms with Gasteiger partial charge in [0.25, 0.3) is 5.91 Å². The van der Waals surface area contributed by atoms with Gasteiger partial charge in [-0.2, -0.15) is 0 Å². The zero-order valence-electron chi connectivity index (χ0n) is 9.07. The number of hydrogen-bond donors (Lipinski definition) is 0. The molecule has 1 amide bonds. The molecule has 0 spiro atoms. The number of pyridine rings is 1. The minimum Gasteiger partial charge on any atom is -0.378 e. The molecule has 0 radical (unpaired) electrons. The van der Waals surface area contributed by atoms with Crippen molar-refractivity contribution in [3.05, 3.63) is 28.5 Å². The van der Waals surface area contributed by atoms with Gasteiger partial charge >= 0.3 is 0 Å². The summed E-state index contributed by atoms with van der Waals surface area (Å²) in [5, 5.41) is 0.275. The van der Waals surface area contributed by atoms with E-state index in [1.54, 1.807) is 17.0 Å². The summed E-state index contributed by atoms with van der Waals surface area (Å²) in [4.78, 5) is 17.9. The largest absolute Gasteiger partial charge is 0.378 e. The van der Waals surface area contributed by atoms with Crippen LogP contribution in [0.1, 0.15) is 16.1 Å². The lowest BCUT2D eigenvalue weighted by molar-refractivity contribution is 0.0302. The van der Waals surface area contributed by atoms with Crippen LogP contribution in [0.25, 0.3) is 0 Å². The predicted octanol–water partition coefficient (Wildman–Crippen LogP) is 1.52. The van der Waals surface area contributed by atoms with Crippen LogP contribution in [-0.4, -0.2) is 42.1 Å². The molecule has 5 heteroatoms. The van der Waals surface area contributed by atoms with Crippen LogP contribution in [0.3, 0.4) is 0 Å². The van der Waals surface area contributed by atoms with Gasteiger partial charge in [-0.1, -0.05) is 11.6 Å². The van der Waals surface area contributed by atoms with Crippen molar-refractivity contribution in [1.82, 2.24) is 9.88 Å². The van der Waals surface area contributed by atoms with Gasteiger partial charge in [0, 0.05) is 18.8 Å². The average molecular weight is 241 g/mol. The van der Waals surface area contributed by atoms with E-state index in [1.807, 2.05) is 6.92 Å². The number of ether oxygens (including phenoxy) is 1. The first kappa shape index (κ1) is 11.4. The SMILES string of the molecule is Cc1ccc(C(=O)N2CCOCC2)c(Cl)n1. The molecule has 0 aliphatic carbocycles. The molecule has 1 aromatic heterocycles. The fraction of sp³-hybridized carbons (Fsp3) is 0.455. The molecule has 0 N–H and O–H groups in total. The summed E-state index contributed by atoms with van der Waals surface area (Å²) in [6.45, 7) is 4.24. The second-order valence-electron chi connectivity index (χ2n) is 3.70. The smallest absolute Gasteiger partial charge is 0.257 e. The number of nitrogens with zero attached hydrogens (tertiary/aromatic N) is 2. The number of carbonyl (C=O) groups is 1. The standard InChI is InChI=1S/C11H13ClN2O2/c1-8-2-3-9(10(12)13-8)11(15)14-4-6-16-7-5-14/h2-3H,4-7H2,1H3. The van der Waals surface area contributed by atoms with Gasteiger partial charge in [-0.15, -0.1) is 0 Å². The van der Waals surface area contributed by atoms with Crippen molar-refractivity contribution in [3.8, 4) is 0 Å². The molecule has 0 atom stereocenters. The highest BCUT2D eigenvalue weighted by Gasteiger charge is 2.20. The minimum atomic E-state index is -0.0687. The Kier molecular flexibility index (Phi) is 3.41. The highest BCUT2D eigenvalue weighted by Crippen LogP contribution is 2.16. The lowest BCUT2D eigenvalue weighted by Gasteiger charge is -2.27. The third-order valence-corrected chi connectivity index (χ3v) is 2.80. The maximum absolute atomic E-state index is 12.1. The van der Waals surface area contributed by atoms with Crippen LogP contribution in [0.4, 0.5) is 0 Å². The summed E-state index contributed by atoms with van der Waals surface area (Å²) in [6, 6.07) is 3.52. The van der Waals surface area contributed by atoms with E-state index >= 15 is 0 Å². The Morgan fingerprint density at radius 1 is 1.44 bits per heavy atom. The Bertz CT molecular complexity index is 403. The van der Waals surface area contributed by atoms with Crippen molar-refractivity contribution in [2.24, 2.45) is 0 Å². The first-order chi connectivity index (χ1) is 7.68. The van der Waals surface area contributed by atoms with Crippen molar-refractivity contribution in [2.75, 3.05) is 26.3 Å². The number of halogens is 1. The quantitative estimate of drug-likeness (QED) is 0.699. The molecule has 4 nitrogen and oxygen atoms in total. The summed E-state index contributed by atoms with van der Waals surface area (Å²) in [5.41, 5.74) is 1.28. The van der Waals surface area contributed by atoms with E-state index in [9.17, 15) is 4.79 Å². The molecular formula is C11H13ClN2O2. The number of carbonyl (C=O) groups excluding carboxylic acids is 1.